The smallest absolute Gasteiger partial charge is 0.282 e. The lowest BCUT2D eigenvalue weighted by Crippen LogP contribution is -2.43. The average molecular weight is 446 g/mol. The number of nitro benzene ring substituents is 1. The topological polar surface area (TPSA) is 135 Å². The highest BCUT2D eigenvalue weighted by atomic mass is 32.2. The third kappa shape index (κ3) is 4.90. The lowest BCUT2D eigenvalue weighted by atomic mass is 10.2. The quantitative estimate of drug-likeness (QED) is 0.299. The van der Waals surface area contributed by atoms with Gasteiger partial charge < -0.3 is 4.42 Å². The number of hydrogen-bond acceptors (Lipinski definition) is 8. The molecule has 1 saturated heterocycles. The van der Waals surface area contributed by atoms with E-state index in [-0.39, 0.29) is 30.1 Å². The van der Waals surface area contributed by atoms with Crippen molar-refractivity contribution in [3.05, 3.63) is 69.0 Å². The van der Waals surface area contributed by atoms with Crippen LogP contribution in [0.1, 0.15) is 22.5 Å². The number of nitro groups is 1. The SMILES string of the molecule is O=C(CCN1C(=O)C(=Cc2ccco2)SC1=S)NNC(=O)c1ccccc1[N+](=O)[O-]. The highest BCUT2D eigenvalue weighted by Gasteiger charge is 2.32. The van der Waals surface area contributed by atoms with Crippen molar-refractivity contribution in [1.82, 2.24) is 15.8 Å². The van der Waals surface area contributed by atoms with Crippen molar-refractivity contribution < 1.29 is 23.7 Å². The van der Waals surface area contributed by atoms with Gasteiger partial charge >= 0.3 is 0 Å². The average Bonchev–Trinajstić information content (AvgIpc) is 3.33. The number of thiocarbonyl (C=S) groups is 1. The van der Waals surface area contributed by atoms with Crippen molar-refractivity contribution >= 4 is 57.8 Å². The molecule has 0 bridgehead atoms. The summed E-state index contributed by atoms with van der Waals surface area (Å²) in [5.74, 6) is -1.27. The van der Waals surface area contributed by atoms with Crippen molar-refractivity contribution in [2.45, 2.75) is 6.42 Å². The summed E-state index contributed by atoms with van der Waals surface area (Å²) in [6, 6.07) is 8.73. The minimum absolute atomic E-state index is 0.00729. The number of amides is 3. The molecule has 0 atom stereocenters. The van der Waals surface area contributed by atoms with Crippen LogP contribution in [0.4, 0.5) is 5.69 Å². The molecule has 0 radical (unpaired) electrons. The molecule has 2 heterocycles. The van der Waals surface area contributed by atoms with Gasteiger partial charge in [-0.25, -0.2) is 0 Å². The molecule has 3 amide bonds. The Morgan fingerprint density at radius 2 is 2.00 bits per heavy atom. The molecule has 0 unspecified atom stereocenters. The first-order valence-electron chi connectivity index (χ1n) is 8.48. The Balaban J connectivity index is 1.53. The Bertz CT molecular complexity index is 1050. The zero-order valence-electron chi connectivity index (χ0n) is 15.2. The van der Waals surface area contributed by atoms with E-state index < -0.39 is 16.7 Å². The van der Waals surface area contributed by atoms with E-state index in [0.717, 1.165) is 11.8 Å². The minimum Gasteiger partial charge on any atom is -0.465 e. The Morgan fingerprint density at radius 1 is 1.23 bits per heavy atom. The van der Waals surface area contributed by atoms with Gasteiger partial charge in [-0.15, -0.1) is 0 Å². The zero-order valence-corrected chi connectivity index (χ0v) is 16.8. The fourth-order valence-corrected chi connectivity index (χ4v) is 3.78. The number of carbonyl (C=O) groups is 3. The number of benzene rings is 1. The molecule has 2 N–H and O–H groups in total. The molecule has 1 aromatic carbocycles. The molecule has 30 heavy (non-hydrogen) atoms. The molecule has 1 aromatic heterocycles. The molecule has 12 heteroatoms. The number of nitrogens with zero attached hydrogens (tertiary/aromatic N) is 2. The van der Waals surface area contributed by atoms with Crippen molar-refractivity contribution in [3.8, 4) is 0 Å². The van der Waals surface area contributed by atoms with Crippen molar-refractivity contribution in [2.24, 2.45) is 0 Å². The summed E-state index contributed by atoms with van der Waals surface area (Å²) in [7, 11) is 0. The first-order chi connectivity index (χ1) is 14.4. The number of thioether (sulfide) groups is 1. The monoisotopic (exact) mass is 446 g/mol. The maximum absolute atomic E-state index is 12.4. The van der Waals surface area contributed by atoms with Gasteiger partial charge in [-0.05, 0) is 18.2 Å². The normalized spacial score (nSPS) is 14.8. The van der Waals surface area contributed by atoms with Crippen LogP contribution >= 0.6 is 24.0 Å². The largest absolute Gasteiger partial charge is 0.465 e. The summed E-state index contributed by atoms with van der Waals surface area (Å²) in [6.07, 6.45) is 2.90. The molecular weight excluding hydrogens is 432 g/mol. The van der Waals surface area contributed by atoms with E-state index in [1.807, 2.05) is 0 Å². The second-order valence-electron chi connectivity index (χ2n) is 5.88. The van der Waals surface area contributed by atoms with Crippen molar-refractivity contribution in [2.75, 3.05) is 6.54 Å². The second-order valence-corrected chi connectivity index (χ2v) is 7.55. The zero-order chi connectivity index (χ0) is 21.7. The summed E-state index contributed by atoms with van der Waals surface area (Å²) < 4.78 is 5.48. The van der Waals surface area contributed by atoms with Crippen LogP contribution < -0.4 is 10.9 Å². The van der Waals surface area contributed by atoms with Gasteiger partial charge in [-0.3, -0.25) is 40.2 Å². The number of rotatable bonds is 6. The van der Waals surface area contributed by atoms with E-state index >= 15 is 0 Å². The van der Waals surface area contributed by atoms with E-state index in [1.165, 1.54) is 35.4 Å². The van der Waals surface area contributed by atoms with Gasteiger partial charge in [0.25, 0.3) is 17.5 Å². The fraction of sp³-hybridized carbons (Fsp3) is 0.111. The third-order valence-corrected chi connectivity index (χ3v) is 5.29. The summed E-state index contributed by atoms with van der Waals surface area (Å²) in [5.41, 5.74) is 3.72. The lowest BCUT2D eigenvalue weighted by Gasteiger charge is -2.14. The number of para-hydroxylation sites is 1. The van der Waals surface area contributed by atoms with E-state index in [2.05, 4.69) is 10.9 Å². The molecule has 154 valence electrons. The molecule has 1 fully saturated rings. The Kier molecular flexibility index (Phi) is 6.59. The summed E-state index contributed by atoms with van der Waals surface area (Å²) in [5, 5.41) is 11.0. The molecule has 1 aliphatic rings. The number of hydrogen-bond donors (Lipinski definition) is 2. The van der Waals surface area contributed by atoms with Crippen molar-refractivity contribution in [1.29, 1.82) is 0 Å². The van der Waals surface area contributed by atoms with E-state index in [1.54, 1.807) is 18.2 Å². The van der Waals surface area contributed by atoms with Crippen LogP contribution in [0, 0.1) is 10.1 Å². The standard InChI is InChI=1S/C18H14N4O6S2/c23-15(19-20-16(24)12-5-1-2-6-13(12)22(26)27)7-8-21-17(25)14(30-18(21)29)10-11-4-3-9-28-11/h1-6,9-10H,7-8H2,(H,19,23)(H,20,24). The van der Waals surface area contributed by atoms with E-state index in [9.17, 15) is 24.5 Å². The maximum Gasteiger partial charge on any atom is 0.282 e. The molecule has 0 saturated carbocycles. The van der Waals surface area contributed by atoms with Gasteiger partial charge in [0.15, 0.2) is 0 Å². The minimum atomic E-state index is -0.831. The predicted molar refractivity (Wildman–Crippen MR) is 112 cm³/mol. The Morgan fingerprint density at radius 3 is 2.70 bits per heavy atom. The summed E-state index contributed by atoms with van der Waals surface area (Å²) >= 11 is 6.28. The molecule has 1 aliphatic heterocycles. The summed E-state index contributed by atoms with van der Waals surface area (Å²) in [4.78, 5) is 48.5. The van der Waals surface area contributed by atoms with Crippen LogP contribution in [0.2, 0.25) is 0 Å². The van der Waals surface area contributed by atoms with Gasteiger partial charge in [0.1, 0.15) is 15.6 Å². The van der Waals surface area contributed by atoms with Gasteiger partial charge in [0, 0.05) is 25.1 Å². The fourth-order valence-electron chi connectivity index (χ4n) is 2.49. The molecule has 0 spiro atoms. The van der Waals surface area contributed by atoms with Crippen LogP contribution in [-0.2, 0) is 9.59 Å². The number of hydrazine groups is 1. The number of furan rings is 1. The van der Waals surface area contributed by atoms with Crippen LogP contribution in [0.3, 0.4) is 0 Å². The molecule has 3 rings (SSSR count). The highest BCUT2D eigenvalue weighted by molar-refractivity contribution is 8.26. The first-order valence-corrected chi connectivity index (χ1v) is 9.71. The number of carbonyl (C=O) groups excluding carboxylic acids is 3. The van der Waals surface area contributed by atoms with Gasteiger partial charge in [-0.1, -0.05) is 36.1 Å². The van der Waals surface area contributed by atoms with E-state index in [0.29, 0.717) is 15.0 Å². The highest BCUT2D eigenvalue weighted by Crippen LogP contribution is 2.32. The van der Waals surface area contributed by atoms with Gasteiger partial charge in [-0.2, -0.15) is 0 Å². The predicted octanol–water partition coefficient (Wildman–Crippen LogP) is 2.24. The third-order valence-electron chi connectivity index (χ3n) is 3.91. The molecular formula is C18H14N4O6S2. The van der Waals surface area contributed by atoms with Gasteiger partial charge in [0.05, 0.1) is 16.1 Å². The summed E-state index contributed by atoms with van der Waals surface area (Å²) in [6.45, 7) is 0.00729. The molecule has 2 aromatic rings. The van der Waals surface area contributed by atoms with Crippen LogP contribution in [-0.4, -0.2) is 38.4 Å². The van der Waals surface area contributed by atoms with Crippen LogP contribution in [0.5, 0.6) is 0 Å². The molecule has 10 nitrogen and oxygen atoms in total. The molecule has 0 aliphatic carbocycles. The first kappa shape index (κ1) is 21.2. The van der Waals surface area contributed by atoms with Crippen LogP contribution in [0.15, 0.2) is 52.0 Å². The van der Waals surface area contributed by atoms with Gasteiger partial charge in [0.2, 0.25) is 5.91 Å². The second kappa shape index (κ2) is 9.33. The van der Waals surface area contributed by atoms with E-state index in [4.69, 9.17) is 16.6 Å². The Labute approximate surface area is 179 Å². The Hall–Kier alpha value is -3.51. The maximum atomic E-state index is 12.4. The van der Waals surface area contributed by atoms with Crippen molar-refractivity contribution in [3.63, 3.8) is 0 Å². The lowest BCUT2D eigenvalue weighted by molar-refractivity contribution is -0.385. The number of nitrogens with one attached hydrogen (secondary N) is 2. The van der Waals surface area contributed by atoms with Crippen LogP contribution in [0.25, 0.3) is 6.08 Å².